The Morgan fingerprint density at radius 2 is 1.55 bits per heavy atom. The maximum absolute atomic E-state index is 13.3. The van der Waals surface area contributed by atoms with E-state index in [-0.39, 0.29) is 5.56 Å². The molecule has 1 heterocycles. The highest BCUT2D eigenvalue weighted by Gasteiger charge is 2.24. The SMILES string of the molecule is O=C(O)c1cc(F)c(F)cc1C(=O)c1cc(Br)sc1Br. The third kappa shape index (κ3) is 2.82. The van der Waals surface area contributed by atoms with Gasteiger partial charge in [-0.15, -0.1) is 11.3 Å². The Morgan fingerprint density at radius 3 is 2.00 bits per heavy atom. The van der Waals surface area contributed by atoms with Gasteiger partial charge in [-0.05, 0) is 50.1 Å². The van der Waals surface area contributed by atoms with E-state index in [4.69, 9.17) is 5.11 Å². The van der Waals surface area contributed by atoms with Crippen molar-refractivity contribution in [1.82, 2.24) is 0 Å². The Bertz CT molecular complexity index is 728. The van der Waals surface area contributed by atoms with Crippen molar-refractivity contribution in [1.29, 1.82) is 0 Å². The molecule has 0 amide bonds. The topological polar surface area (TPSA) is 54.4 Å². The molecule has 2 rings (SSSR count). The molecule has 104 valence electrons. The summed E-state index contributed by atoms with van der Waals surface area (Å²) in [6, 6.07) is 2.57. The number of hydrogen-bond acceptors (Lipinski definition) is 3. The van der Waals surface area contributed by atoms with Gasteiger partial charge >= 0.3 is 5.97 Å². The second-order valence-corrected chi connectivity index (χ2v) is 7.43. The summed E-state index contributed by atoms with van der Waals surface area (Å²) in [5.41, 5.74) is -0.805. The molecule has 0 spiro atoms. The van der Waals surface area contributed by atoms with Crippen LogP contribution in [0.4, 0.5) is 8.78 Å². The molecule has 1 N–H and O–H groups in total. The molecule has 0 radical (unpaired) electrons. The van der Waals surface area contributed by atoms with Crippen LogP contribution in [0.25, 0.3) is 0 Å². The minimum atomic E-state index is -1.50. The molecule has 2 aromatic rings. The molecule has 1 aromatic carbocycles. The number of carbonyl (C=O) groups excluding carboxylic acids is 1. The average molecular weight is 426 g/mol. The summed E-state index contributed by atoms with van der Waals surface area (Å²) >= 11 is 7.56. The standard InChI is InChI=1S/C12H4Br2F2O3S/c13-9-3-6(11(14)20-9)10(17)4-1-7(15)8(16)2-5(4)12(18)19/h1-3H,(H,18,19). The molecule has 8 heteroatoms. The van der Waals surface area contributed by atoms with Crippen molar-refractivity contribution in [2.45, 2.75) is 0 Å². The van der Waals surface area contributed by atoms with Gasteiger partial charge in [0.25, 0.3) is 0 Å². The highest BCUT2D eigenvalue weighted by molar-refractivity contribution is 9.12. The predicted octanol–water partition coefficient (Wildman–Crippen LogP) is 4.48. The first-order valence-corrected chi connectivity index (χ1v) is 7.43. The van der Waals surface area contributed by atoms with Gasteiger partial charge in [-0.1, -0.05) is 0 Å². The number of rotatable bonds is 3. The van der Waals surface area contributed by atoms with Crippen molar-refractivity contribution >= 4 is 54.9 Å². The van der Waals surface area contributed by atoms with E-state index in [1.807, 2.05) is 0 Å². The second-order valence-electron chi connectivity index (χ2n) is 3.68. The molecule has 20 heavy (non-hydrogen) atoms. The Kier molecular flexibility index (Phi) is 4.36. The van der Waals surface area contributed by atoms with Crippen molar-refractivity contribution in [3.63, 3.8) is 0 Å². The summed E-state index contributed by atoms with van der Waals surface area (Å²) in [4.78, 5) is 23.3. The quantitative estimate of drug-likeness (QED) is 0.737. The number of aromatic carboxylic acids is 1. The number of hydrogen-bond donors (Lipinski definition) is 1. The number of ketones is 1. The number of carboxylic acid groups (broad SMARTS) is 1. The lowest BCUT2D eigenvalue weighted by Crippen LogP contribution is -2.11. The zero-order chi connectivity index (χ0) is 15.0. The van der Waals surface area contributed by atoms with Crippen LogP contribution in [0.1, 0.15) is 26.3 Å². The summed E-state index contributed by atoms with van der Waals surface area (Å²) in [6.07, 6.45) is 0. The van der Waals surface area contributed by atoms with Crippen molar-refractivity contribution in [3.05, 3.63) is 54.1 Å². The van der Waals surface area contributed by atoms with Crippen molar-refractivity contribution < 1.29 is 23.5 Å². The number of carboxylic acids is 1. The van der Waals surface area contributed by atoms with E-state index < -0.39 is 34.5 Å². The molecule has 1 aromatic heterocycles. The van der Waals surface area contributed by atoms with Gasteiger partial charge in [-0.3, -0.25) is 4.79 Å². The van der Waals surface area contributed by atoms with E-state index in [1.54, 1.807) is 0 Å². The van der Waals surface area contributed by atoms with Gasteiger partial charge < -0.3 is 5.11 Å². The first-order valence-electron chi connectivity index (χ1n) is 5.03. The first kappa shape index (κ1) is 15.3. The Balaban J connectivity index is 2.62. The summed E-state index contributed by atoms with van der Waals surface area (Å²) in [5, 5.41) is 8.99. The van der Waals surface area contributed by atoms with Crippen LogP contribution in [0.2, 0.25) is 0 Å². The minimum absolute atomic E-state index is 0.176. The summed E-state index contributed by atoms with van der Waals surface area (Å²) in [6.45, 7) is 0. The van der Waals surface area contributed by atoms with Crippen LogP contribution < -0.4 is 0 Å². The van der Waals surface area contributed by atoms with Gasteiger partial charge in [0.2, 0.25) is 0 Å². The fourth-order valence-corrected chi connectivity index (χ4v) is 4.35. The number of carbonyl (C=O) groups is 2. The first-order chi connectivity index (χ1) is 9.31. The molecular formula is C12H4Br2F2O3S. The molecule has 0 aliphatic rings. The largest absolute Gasteiger partial charge is 0.478 e. The van der Waals surface area contributed by atoms with Crippen LogP contribution in [-0.2, 0) is 0 Å². The zero-order valence-corrected chi connectivity index (χ0v) is 13.4. The highest BCUT2D eigenvalue weighted by Crippen LogP contribution is 2.34. The van der Waals surface area contributed by atoms with E-state index in [0.717, 1.165) is 0 Å². The predicted molar refractivity (Wildman–Crippen MR) is 76.5 cm³/mol. The molecule has 0 saturated carbocycles. The van der Waals surface area contributed by atoms with Crippen LogP contribution in [0.5, 0.6) is 0 Å². The molecule has 0 aliphatic carbocycles. The van der Waals surface area contributed by atoms with E-state index >= 15 is 0 Å². The fourth-order valence-electron chi connectivity index (χ4n) is 1.55. The third-order valence-electron chi connectivity index (χ3n) is 2.44. The van der Waals surface area contributed by atoms with Crippen LogP contribution in [0.3, 0.4) is 0 Å². The molecule has 0 atom stereocenters. The Labute approximate surface area is 132 Å². The van der Waals surface area contributed by atoms with Gasteiger partial charge in [0.15, 0.2) is 17.4 Å². The summed E-state index contributed by atoms with van der Waals surface area (Å²) < 4.78 is 27.5. The fraction of sp³-hybridized carbons (Fsp3) is 0. The maximum atomic E-state index is 13.3. The number of halogens is 4. The molecule has 0 saturated heterocycles. The van der Waals surface area contributed by atoms with Crippen LogP contribution in [0, 0.1) is 11.6 Å². The van der Waals surface area contributed by atoms with Gasteiger partial charge in [0, 0.05) is 11.1 Å². The zero-order valence-electron chi connectivity index (χ0n) is 9.42. The lowest BCUT2D eigenvalue weighted by Gasteiger charge is -2.05. The van der Waals surface area contributed by atoms with Crippen LogP contribution in [0.15, 0.2) is 25.8 Å². The molecule has 0 unspecified atom stereocenters. The van der Waals surface area contributed by atoms with Gasteiger partial charge in [-0.25, -0.2) is 13.6 Å². The maximum Gasteiger partial charge on any atom is 0.336 e. The minimum Gasteiger partial charge on any atom is -0.478 e. The van der Waals surface area contributed by atoms with Crippen LogP contribution in [-0.4, -0.2) is 16.9 Å². The monoisotopic (exact) mass is 424 g/mol. The third-order valence-corrected chi connectivity index (χ3v) is 4.78. The number of thiophene rings is 1. The van der Waals surface area contributed by atoms with E-state index in [2.05, 4.69) is 31.9 Å². The average Bonchev–Trinajstić information content (AvgIpc) is 2.70. The molecular weight excluding hydrogens is 422 g/mol. The Morgan fingerprint density at radius 1 is 1.00 bits per heavy atom. The smallest absolute Gasteiger partial charge is 0.336 e. The summed E-state index contributed by atoms with van der Waals surface area (Å²) in [7, 11) is 0. The number of benzene rings is 1. The van der Waals surface area contributed by atoms with Crippen molar-refractivity contribution in [3.8, 4) is 0 Å². The second kappa shape index (κ2) is 5.71. The van der Waals surface area contributed by atoms with Crippen molar-refractivity contribution in [2.75, 3.05) is 0 Å². The van der Waals surface area contributed by atoms with Gasteiger partial charge in [0.1, 0.15) is 0 Å². The molecule has 0 fully saturated rings. The van der Waals surface area contributed by atoms with Crippen LogP contribution >= 0.6 is 43.2 Å². The molecule has 3 nitrogen and oxygen atoms in total. The van der Waals surface area contributed by atoms with E-state index in [1.165, 1.54) is 17.4 Å². The Hall–Kier alpha value is -1.12. The normalized spacial score (nSPS) is 10.6. The van der Waals surface area contributed by atoms with Gasteiger partial charge in [-0.2, -0.15) is 0 Å². The highest BCUT2D eigenvalue weighted by atomic mass is 79.9. The molecule has 0 bridgehead atoms. The van der Waals surface area contributed by atoms with E-state index in [0.29, 0.717) is 19.7 Å². The summed E-state index contributed by atoms with van der Waals surface area (Å²) in [5.74, 6) is -4.79. The van der Waals surface area contributed by atoms with E-state index in [9.17, 15) is 18.4 Å². The van der Waals surface area contributed by atoms with Crippen molar-refractivity contribution in [2.24, 2.45) is 0 Å². The molecule has 0 aliphatic heterocycles. The lowest BCUT2D eigenvalue weighted by molar-refractivity contribution is 0.0692. The lowest BCUT2D eigenvalue weighted by atomic mass is 9.99. The van der Waals surface area contributed by atoms with Gasteiger partial charge in [0.05, 0.1) is 13.1 Å².